The molecule has 0 radical (unpaired) electrons. The average Bonchev–Trinajstić information content (AvgIpc) is 2.62. The summed E-state index contributed by atoms with van der Waals surface area (Å²) in [5, 5.41) is 3.35. The molecule has 1 aliphatic heterocycles. The predicted molar refractivity (Wildman–Crippen MR) is 100 cm³/mol. The molecule has 1 aromatic heterocycles. The first-order valence-electron chi connectivity index (χ1n) is 8.77. The number of aromatic nitrogens is 2. The molecule has 0 aliphatic carbocycles. The van der Waals surface area contributed by atoms with Gasteiger partial charge in [0.1, 0.15) is 5.82 Å². The Labute approximate surface area is 148 Å². The Morgan fingerprint density at radius 2 is 1.76 bits per heavy atom. The molecule has 0 bridgehead atoms. The van der Waals surface area contributed by atoms with E-state index in [1.54, 1.807) is 0 Å². The van der Waals surface area contributed by atoms with Crippen LogP contribution in [0.15, 0.2) is 30.3 Å². The van der Waals surface area contributed by atoms with Gasteiger partial charge in [-0.1, -0.05) is 24.6 Å². The number of benzene rings is 1. The summed E-state index contributed by atoms with van der Waals surface area (Å²) in [4.78, 5) is 25.1. The molecule has 25 heavy (non-hydrogen) atoms. The number of rotatable bonds is 4. The third kappa shape index (κ3) is 4.26. The van der Waals surface area contributed by atoms with Crippen LogP contribution in [0, 0.1) is 13.8 Å². The van der Waals surface area contributed by atoms with E-state index in [0.29, 0.717) is 6.42 Å². The SMILES string of the molecule is CCC(=O)N1CCN(c2nc(C)cc(Nc3ccc(C)cc3)n2)CC1. The number of carbonyl (C=O) groups excluding carboxylic acids is 1. The first kappa shape index (κ1) is 17.2. The van der Waals surface area contributed by atoms with Crippen molar-refractivity contribution in [3.8, 4) is 0 Å². The summed E-state index contributed by atoms with van der Waals surface area (Å²) in [5.74, 6) is 1.73. The molecule has 3 rings (SSSR count). The lowest BCUT2D eigenvalue weighted by atomic mass is 10.2. The van der Waals surface area contributed by atoms with E-state index in [4.69, 9.17) is 0 Å². The van der Waals surface area contributed by atoms with Crippen LogP contribution in [0.4, 0.5) is 17.5 Å². The molecule has 1 amide bonds. The van der Waals surface area contributed by atoms with Crippen LogP contribution in [0.2, 0.25) is 0 Å². The van der Waals surface area contributed by atoms with Crippen LogP contribution < -0.4 is 10.2 Å². The number of aryl methyl sites for hydroxylation is 2. The number of hydrogen-bond donors (Lipinski definition) is 1. The van der Waals surface area contributed by atoms with Crippen molar-refractivity contribution in [2.45, 2.75) is 27.2 Å². The Bertz CT molecular complexity index is 736. The molecule has 0 atom stereocenters. The molecule has 132 valence electrons. The van der Waals surface area contributed by atoms with E-state index in [1.165, 1.54) is 5.56 Å². The Balaban J connectivity index is 1.71. The molecule has 2 heterocycles. The van der Waals surface area contributed by atoms with Crippen LogP contribution in [0.3, 0.4) is 0 Å². The summed E-state index contributed by atoms with van der Waals surface area (Å²) in [6.45, 7) is 8.93. The predicted octanol–water partition coefficient (Wildman–Crippen LogP) is 2.90. The first-order valence-corrected chi connectivity index (χ1v) is 8.77. The van der Waals surface area contributed by atoms with E-state index in [-0.39, 0.29) is 5.91 Å². The summed E-state index contributed by atoms with van der Waals surface area (Å²) in [5.41, 5.74) is 3.16. The summed E-state index contributed by atoms with van der Waals surface area (Å²) in [6, 6.07) is 10.2. The van der Waals surface area contributed by atoms with Gasteiger partial charge in [-0.05, 0) is 26.0 Å². The quantitative estimate of drug-likeness (QED) is 0.928. The number of carbonyl (C=O) groups is 1. The second kappa shape index (κ2) is 7.51. The Morgan fingerprint density at radius 3 is 2.40 bits per heavy atom. The molecule has 6 heteroatoms. The van der Waals surface area contributed by atoms with Gasteiger partial charge in [-0.15, -0.1) is 0 Å². The van der Waals surface area contributed by atoms with Gasteiger partial charge in [0.05, 0.1) is 0 Å². The van der Waals surface area contributed by atoms with Crippen LogP contribution in [0.25, 0.3) is 0 Å². The van der Waals surface area contributed by atoms with Crippen molar-refractivity contribution >= 4 is 23.4 Å². The van der Waals surface area contributed by atoms with E-state index < -0.39 is 0 Å². The third-order valence-corrected chi connectivity index (χ3v) is 4.38. The normalized spacial score (nSPS) is 14.5. The van der Waals surface area contributed by atoms with Gasteiger partial charge >= 0.3 is 0 Å². The minimum Gasteiger partial charge on any atom is -0.340 e. The highest BCUT2D eigenvalue weighted by Gasteiger charge is 2.22. The molecule has 6 nitrogen and oxygen atoms in total. The van der Waals surface area contributed by atoms with Crippen molar-refractivity contribution in [3.63, 3.8) is 0 Å². The zero-order valence-electron chi connectivity index (χ0n) is 15.1. The van der Waals surface area contributed by atoms with Gasteiger partial charge < -0.3 is 15.1 Å². The molecule has 1 fully saturated rings. The molecular formula is C19H25N5O. The molecule has 0 saturated carbocycles. The van der Waals surface area contributed by atoms with Gasteiger partial charge in [-0.25, -0.2) is 4.98 Å². The molecule has 0 unspecified atom stereocenters. The number of piperazine rings is 1. The molecule has 2 aromatic rings. The maximum atomic E-state index is 11.8. The molecular weight excluding hydrogens is 314 g/mol. The zero-order chi connectivity index (χ0) is 17.8. The second-order valence-electron chi connectivity index (χ2n) is 6.41. The highest BCUT2D eigenvalue weighted by atomic mass is 16.2. The van der Waals surface area contributed by atoms with Gasteiger partial charge in [-0.2, -0.15) is 4.98 Å². The molecule has 0 spiro atoms. The summed E-state index contributed by atoms with van der Waals surface area (Å²) < 4.78 is 0. The summed E-state index contributed by atoms with van der Waals surface area (Å²) in [7, 11) is 0. The smallest absolute Gasteiger partial charge is 0.227 e. The largest absolute Gasteiger partial charge is 0.340 e. The molecule has 1 saturated heterocycles. The van der Waals surface area contributed by atoms with E-state index in [2.05, 4.69) is 39.2 Å². The standard InChI is InChI=1S/C19H25N5O/c1-4-18(25)23-9-11-24(12-10-23)19-20-15(3)13-17(22-19)21-16-7-5-14(2)6-8-16/h5-8,13H,4,9-12H2,1-3H3,(H,20,21,22). The number of nitrogens with one attached hydrogen (secondary N) is 1. The number of anilines is 3. The Morgan fingerprint density at radius 1 is 1.08 bits per heavy atom. The van der Waals surface area contributed by atoms with Crippen molar-refractivity contribution in [3.05, 3.63) is 41.6 Å². The lowest BCUT2D eigenvalue weighted by Crippen LogP contribution is -2.49. The van der Waals surface area contributed by atoms with Crippen molar-refractivity contribution in [2.24, 2.45) is 0 Å². The van der Waals surface area contributed by atoms with Crippen molar-refractivity contribution in [2.75, 3.05) is 36.4 Å². The minimum absolute atomic E-state index is 0.214. The van der Waals surface area contributed by atoms with E-state index in [9.17, 15) is 4.79 Å². The average molecular weight is 339 g/mol. The third-order valence-electron chi connectivity index (χ3n) is 4.38. The summed E-state index contributed by atoms with van der Waals surface area (Å²) >= 11 is 0. The van der Waals surface area contributed by atoms with Gasteiger partial charge in [0.15, 0.2) is 0 Å². The van der Waals surface area contributed by atoms with Crippen LogP contribution in [-0.2, 0) is 4.79 Å². The van der Waals surface area contributed by atoms with Gasteiger partial charge in [0.2, 0.25) is 11.9 Å². The summed E-state index contributed by atoms with van der Waals surface area (Å²) in [6.07, 6.45) is 0.561. The van der Waals surface area contributed by atoms with Gasteiger partial charge in [-0.3, -0.25) is 4.79 Å². The molecule has 1 N–H and O–H groups in total. The molecule has 1 aromatic carbocycles. The fourth-order valence-corrected chi connectivity index (χ4v) is 2.92. The highest BCUT2D eigenvalue weighted by molar-refractivity contribution is 5.76. The number of amides is 1. The van der Waals surface area contributed by atoms with Crippen molar-refractivity contribution in [1.82, 2.24) is 14.9 Å². The van der Waals surface area contributed by atoms with E-state index >= 15 is 0 Å². The Hall–Kier alpha value is -2.63. The first-order chi connectivity index (χ1) is 12.0. The van der Waals surface area contributed by atoms with E-state index in [1.807, 2.05) is 36.9 Å². The van der Waals surface area contributed by atoms with Crippen LogP contribution in [0.5, 0.6) is 0 Å². The fourth-order valence-electron chi connectivity index (χ4n) is 2.92. The van der Waals surface area contributed by atoms with Crippen molar-refractivity contribution in [1.29, 1.82) is 0 Å². The zero-order valence-corrected chi connectivity index (χ0v) is 15.1. The van der Waals surface area contributed by atoms with Gasteiger partial charge in [0, 0.05) is 50.0 Å². The monoisotopic (exact) mass is 339 g/mol. The molecule has 1 aliphatic rings. The van der Waals surface area contributed by atoms with E-state index in [0.717, 1.165) is 49.3 Å². The minimum atomic E-state index is 0.214. The number of nitrogens with zero attached hydrogens (tertiary/aromatic N) is 4. The second-order valence-corrected chi connectivity index (χ2v) is 6.41. The lowest BCUT2D eigenvalue weighted by Gasteiger charge is -2.34. The highest BCUT2D eigenvalue weighted by Crippen LogP contribution is 2.20. The van der Waals surface area contributed by atoms with Crippen molar-refractivity contribution < 1.29 is 4.79 Å². The van der Waals surface area contributed by atoms with Crippen LogP contribution >= 0.6 is 0 Å². The maximum Gasteiger partial charge on any atom is 0.227 e. The fraction of sp³-hybridized carbons (Fsp3) is 0.421. The van der Waals surface area contributed by atoms with Gasteiger partial charge in [0.25, 0.3) is 0 Å². The topological polar surface area (TPSA) is 61.4 Å². The Kier molecular flexibility index (Phi) is 5.16. The number of hydrogen-bond acceptors (Lipinski definition) is 5. The van der Waals surface area contributed by atoms with Crippen LogP contribution in [0.1, 0.15) is 24.6 Å². The lowest BCUT2D eigenvalue weighted by molar-refractivity contribution is -0.131. The van der Waals surface area contributed by atoms with Crippen LogP contribution in [-0.4, -0.2) is 47.0 Å². The maximum absolute atomic E-state index is 11.8.